The van der Waals surface area contributed by atoms with Gasteiger partial charge in [0, 0.05) is 24.8 Å². The third-order valence-corrected chi connectivity index (χ3v) is 4.14. The van der Waals surface area contributed by atoms with E-state index < -0.39 is 0 Å². The summed E-state index contributed by atoms with van der Waals surface area (Å²) in [5.41, 5.74) is 3.78. The topological polar surface area (TPSA) is 35.5 Å². The van der Waals surface area contributed by atoms with Gasteiger partial charge in [0.25, 0.3) is 0 Å². The average Bonchev–Trinajstić information content (AvgIpc) is 2.45. The van der Waals surface area contributed by atoms with E-state index in [-0.39, 0.29) is 12.1 Å². The number of aryl methyl sites for hydroxylation is 2. The van der Waals surface area contributed by atoms with Crippen molar-refractivity contribution in [3.05, 3.63) is 29.3 Å². The van der Waals surface area contributed by atoms with E-state index in [9.17, 15) is 5.11 Å². The Balaban J connectivity index is 2.50. The van der Waals surface area contributed by atoms with Gasteiger partial charge in [-0.25, -0.2) is 0 Å². The molecule has 1 atom stereocenters. The molecule has 1 aromatic rings. The lowest BCUT2D eigenvalue weighted by Gasteiger charge is -2.30. The summed E-state index contributed by atoms with van der Waals surface area (Å²) in [7, 11) is 2.15. The summed E-state index contributed by atoms with van der Waals surface area (Å²) in [4.78, 5) is 2.31. The number of aliphatic hydroxyl groups is 1. The van der Waals surface area contributed by atoms with E-state index in [0.29, 0.717) is 0 Å². The van der Waals surface area contributed by atoms with Crippen LogP contribution in [0.3, 0.4) is 0 Å². The van der Waals surface area contributed by atoms with E-state index >= 15 is 0 Å². The van der Waals surface area contributed by atoms with E-state index in [2.05, 4.69) is 63.2 Å². The van der Waals surface area contributed by atoms with Gasteiger partial charge in [-0.2, -0.15) is 0 Å². The minimum absolute atomic E-state index is 0.154. The first-order chi connectivity index (χ1) is 9.91. The molecular weight excluding hydrogens is 260 g/mol. The second-order valence-corrected chi connectivity index (χ2v) is 6.46. The van der Waals surface area contributed by atoms with Crippen molar-refractivity contribution in [1.29, 1.82) is 0 Å². The maximum absolute atomic E-state index is 9.59. The van der Waals surface area contributed by atoms with Crippen molar-refractivity contribution in [3.63, 3.8) is 0 Å². The Morgan fingerprint density at radius 3 is 2.57 bits per heavy atom. The van der Waals surface area contributed by atoms with Crippen LogP contribution in [0.2, 0.25) is 0 Å². The van der Waals surface area contributed by atoms with Crippen molar-refractivity contribution in [2.75, 3.05) is 31.6 Å². The monoisotopic (exact) mass is 292 g/mol. The Hall–Kier alpha value is -1.06. The van der Waals surface area contributed by atoms with Gasteiger partial charge in [0.15, 0.2) is 0 Å². The maximum atomic E-state index is 9.59. The van der Waals surface area contributed by atoms with Crippen LogP contribution in [-0.4, -0.2) is 37.4 Å². The molecule has 0 bridgehead atoms. The van der Waals surface area contributed by atoms with E-state index in [1.165, 1.54) is 16.8 Å². The smallest absolute Gasteiger partial charge is 0.0610 e. The Bertz CT molecular complexity index is 433. The quantitative estimate of drug-likeness (QED) is 0.733. The normalized spacial score (nSPS) is 14.0. The Morgan fingerprint density at radius 2 is 2.00 bits per heavy atom. The highest BCUT2D eigenvalue weighted by atomic mass is 16.3. The van der Waals surface area contributed by atoms with Gasteiger partial charge in [-0.15, -0.1) is 0 Å². The van der Waals surface area contributed by atoms with Crippen LogP contribution in [0.25, 0.3) is 0 Å². The van der Waals surface area contributed by atoms with Crippen molar-refractivity contribution < 1.29 is 5.11 Å². The largest absolute Gasteiger partial charge is 0.394 e. The summed E-state index contributed by atoms with van der Waals surface area (Å²) < 4.78 is 0. The molecule has 0 radical (unpaired) electrons. The molecule has 21 heavy (non-hydrogen) atoms. The Labute approximate surface area is 130 Å². The van der Waals surface area contributed by atoms with Crippen molar-refractivity contribution in [1.82, 2.24) is 5.32 Å². The van der Waals surface area contributed by atoms with E-state index in [1.54, 1.807) is 0 Å². The number of nitrogens with zero attached hydrogens (tertiary/aromatic N) is 1. The van der Waals surface area contributed by atoms with Crippen LogP contribution in [0.15, 0.2) is 18.2 Å². The third-order valence-electron chi connectivity index (χ3n) is 4.14. The molecule has 0 aliphatic rings. The molecule has 0 saturated heterocycles. The molecular formula is C18H32N2O. The van der Waals surface area contributed by atoms with Crippen molar-refractivity contribution in [2.45, 2.75) is 52.5 Å². The maximum Gasteiger partial charge on any atom is 0.0610 e. The molecule has 0 fully saturated rings. The molecule has 0 aliphatic heterocycles. The summed E-state index contributed by atoms with van der Waals surface area (Å²) in [6, 6.07) is 6.59. The van der Waals surface area contributed by atoms with Gasteiger partial charge in [-0.05, 0) is 58.2 Å². The SMILES string of the molecule is CCCNC(C)(CO)CCCN(C)c1ccc(C)cc1C. The van der Waals surface area contributed by atoms with Crippen molar-refractivity contribution >= 4 is 5.69 Å². The first-order valence-corrected chi connectivity index (χ1v) is 8.06. The molecule has 0 aliphatic carbocycles. The van der Waals surface area contributed by atoms with Gasteiger partial charge < -0.3 is 15.3 Å². The van der Waals surface area contributed by atoms with Crippen molar-refractivity contribution in [3.8, 4) is 0 Å². The minimum Gasteiger partial charge on any atom is -0.394 e. The number of aliphatic hydroxyl groups excluding tert-OH is 1. The van der Waals surface area contributed by atoms with Crippen LogP contribution in [0.5, 0.6) is 0 Å². The van der Waals surface area contributed by atoms with Gasteiger partial charge in [0.05, 0.1) is 6.61 Å². The zero-order chi connectivity index (χ0) is 15.9. The number of rotatable bonds is 9. The van der Waals surface area contributed by atoms with E-state index in [0.717, 1.165) is 32.4 Å². The lowest BCUT2D eigenvalue weighted by molar-refractivity contribution is 0.164. The molecule has 0 heterocycles. The van der Waals surface area contributed by atoms with Crippen LogP contribution < -0.4 is 10.2 Å². The fourth-order valence-electron chi connectivity index (χ4n) is 2.71. The lowest BCUT2D eigenvalue weighted by atomic mass is 9.96. The van der Waals surface area contributed by atoms with Gasteiger partial charge >= 0.3 is 0 Å². The standard InChI is InChI=1S/C18H32N2O/c1-6-11-19-18(4,14-21)10-7-12-20(5)17-9-8-15(2)13-16(17)3/h8-9,13,19,21H,6-7,10-12,14H2,1-5H3. The summed E-state index contributed by atoms with van der Waals surface area (Å²) >= 11 is 0. The first-order valence-electron chi connectivity index (χ1n) is 8.06. The molecule has 0 amide bonds. The minimum atomic E-state index is -0.154. The molecule has 1 aromatic carbocycles. The van der Waals surface area contributed by atoms with Gasteiger partial charge in [0.2, 0.25) is 0 Å². The highest BCUT2D eigenvalue weighted by Gasteiger charge is 2.21. The van der Waals surface area contributed by atoms with Crippen molar-refractivity contribution in [2.24, 2.45) is 0 Å². The number of benzene rings is 1. The lowest BCUT2D eigenvalue weighted by Crippen LogP contribution is -2.46. The van der Waals surface area contributed by atoms with Crippen LogP contribution in [-0.2, 0) is 0 Å². The molecule has 3 heteroatoms. The van der Waals surface area contributed by atoms with Crippen LogP contribution in [0, 0.1) is 13.8 Å². The molecule has 0 saturated carbocycles. The number of nitrogens with one attached hydrogen (secondary N) is 1. The molecule has 120 valence electrons. The molecule has 0 aromatic heterocycles. The molecule has 2 N–H and O–H groups in total. The Morgan fingerprint density at radius 1 is 1.29 bits per heavy atom. The predicted octanol–water partition coefficient (Wildman–Crippen LogP) is 3.27. The molecule has 0 spiro atoms. The first kappa shape index (κ1) is 18.0. The number of hydrogen-bond acceptors (Lipinski definition) is 3. The summed E-state index contributed by atoms with van der Waals surface area (Å²) in [5, 5.41) is 13.1. The van der Waals surface area contributed by atoms with Gasteiger partial charge in [-0.1, -0.05) is 24.6 Å². The summed E-state index contributed by atoms with van der Waals surface area (Å²) in [6.45, 7) is 10.7. The van der Waals surface area contributed by atoms with Crippen LogP contribution in [0.1, 0.15) is 44.2 Å². The molecule has 1 rings (SSSR count). The zero-order valence-electron chi connectivity index (χ0n) is 14.4. The van der Waals surface area contributed by atoms with Crippen LogP contribution in [0.4, 0.5) is 5.69 Å². The molecule has 1 unspecified atom stereocenters. The fourth-order valence-corrected chi connectivity index (χ4v) is 2.71. The zero-order valence-corrected chi connectivity index (χ0v) is 14.4. The van der Waals surface area contributed by atoms with E-state index in [1.807, 2.05) is 0 Å². The Kier molecular flexibility index (Phi) is 7.20. The van der Waals surface area contributed by atoms with E-state index in [4.69, 9.17) is 0 Å². The third kappa shape index (κ3) is 5.68. The highest BCUT2D eigenvalue weighted by Crippen LogP contribution is 2.21. The summed E-state index contributed by atoms with van der Waals surface area (Å²) in [6.07, 6.45) is 3.15. The summed E-state index contributed by atoms with van der Waals surface area (Å²) in [5.74, 6) is 0. The second-order valence-electron chi connectivity index (χ2n) is 6.46. The second kappa shape index (κ2) is 8.40. The number of hydrogen-bond donors (Lipinski definition) is 2. The van der Waals surface area contributed by atoms with Crippen LogP contribution >= 0.6 is 0 Å². The van der Waals surface area contributed by atoms with Gasteiger partial charge in [-0.3, -0.25) is 0 Å². The highest BCUT2D eigenvalue weighted by molar-refractivity contribution is 5.53. The number of anilines is 1. The molecule has 3 nitrogen and oxygen atoms in total. The average molecular weight is 292 g/mol. The fraction of sp³-hybridized carbons (Fsp3) is 0.667. The predicted molar refractivity (Wildman–Crippen MR) is 92.2 cm³/mol. The van der Waals surface area contributed by atoms with Gasteiger partial charge in [0.1, 0.15) is 0 Å².